The van der Waals surface area contributed by atoms with Crippen LogP contribution in [0.25, 0.3) is 10.9 Å². The van der Waals surface area contributed by atoms with Crippen LogP contribution < -0.4 is 54.0 Å². The smallest absolute Gasteiger partial charge is 0.243 e. The van der Waals surface area contributed by atoms with E-state index in [1.54, 1.807) is 36.5 Å². The number of fused-ring (bicyclic) bond motifs is 1. The van der Waals surface area contributed by atoms with Gasteiger partial charge in [0.15, 0.2) is 0 Å². The van der Waals surface area contributed by atoms with E-state index < -0.39 is 96.5 Å². The lowest BCUT2D eigenvalue weighted by molar-refractivity contribution is -0.134. The van der Waals surface area contributed by atoms with E-state index >= 15 is 0 Å². The first-order valence-corrected chi connectivity index (χ1v) is 19.6. The first kappa shape index (κ1) is 45.9. The van der Waals surface area contributed by atoms with E-state index in [0.29, 0.717) is 11.1 Å². The number of amides is 9. The number of rotatable bonds is 13. The molecule has 0 bridgehead atoms. The summed E-state index contributed by atoms with van der Waals surface area (Å²) in [6.07, 6.45) is 1.30. The molecule has 20 heteroatoms. The van der Waals surface area contributed by atoms with Crippen molar-refractivity contribution < 1.29 is 43.2 Å². The number of carbonyl (C=O) groups is 9. The topological polar surface area (TPSA) is 318 Å². The molecule has 1 fully saturated rings. The third kappa shape index (κ3) is 14.5. The molecule has 60 heavy (non-hydrogen) atoms. The number of H-pyrrole nitrogens is 1. The Morgan fingerprint density at radius 1 is 0.833 bits per heavy atom. The summed E-state index contributed by atoms with van der Waals surface area (Å²) in [5.74, 6) is -6.59. The maximum absolute atomic E-state index is 13.8. The van der Waals surface area contributed by atoms with Crippen molar-refractivity contribution in [2.24, 2.45) is 11.5 Å². The second kappa shape index (κ2) is 22.9. The molecular weight excluding hydrogens is 779 g/mol. The van der Waals surface area contributed by atoms with Gasteiger partial charge >= 0.3 is 0 Å². The molecule has 1 saturated heterocycles. The van der Waals surface area contributed by atoms with Crippen molar-refractivity contribution in [2.45, 2.75) is 82.1 Å². The normalized spacial score (nSPS) is 20.3. The number of benzene rings is 2. The number of nitrogens with one attached hydrogen (secondary N) is 9. The summed E-state index contributed by atoms with van der Waals surface area (Å²) in [6, 6.07) is 9.70. The highest BCUT2D eigenvalue weighted by molar-refractivity contribution is 5.97. The first-order chi connectivity index (χ1) is 28.7. The molecule has 9 amide bonds. The molecule has 0 saturated carbocycles. The zero-order chi connectivity index (χ0) is 43.6. The van der Waals surface area contributed by atoms with Gasteiger partial charge in [0, 0.05) is 49.8 Å². The van der Waals surface area contributed by atoms with Crippen molar-refractivity contribution >= 4 is 64.1 Å². The average Bonchev–Trinajstić information content (AvgIpc) is 3.63. The van der Waals surface area contributed by atoms with Gasteiger partial charge in [0.05, 0.1) is 13.1 Å². The predicted molar refractivity (Wildman–Crippen MR) is 218 cm³/mol. The third-order valence-corrected chi connectivity index (χ3v) is 9.64. The molecular formula is C40H53N11O9. The Balaban J connectivity index is 1.60. The van der Waals surface area contributed by atoms with Crippen molar-refractivity contribution in [3.63, 3.8) is 0 Å². The Bertz CT molecular complexity index is 2020. The molecule has 20 nitrogen and oxygen atoms in total. The monoisotopic (exact) mass is 831 g/mol. The van der Waals surface area contributed by atoms with E-state index in [1.165, 1.54) is 6.92 Å². The van der Waals surface area contributed by atoms with Gasteiger partial charge < -0.3 is 59.0 Å². The number of para-hydroxylation sites is 1. The van der Waals surface area contributed by atoms with Crippen molar-refractivity contribution in [3.8, 4) is 0 Å². The number of aromatic nitrogens is 1. The Labute approximate surface area is 345 Å². The summed E-state index contributed by atoms with van der Waals surface area (Å²) in [6.45, 7) is 0.101. The van der Waals surface area contributed by atoms with Gasteiger partial charge in [-0.3, -0.25) is 43.2 Å². The van der Waals surface area contributed by atoms with Crippen molar-refractivity contribution in [1.82, 2.24) is 47.5 Å². The molecule has 1 aliphatic rings. The minimum atomic E-state index is -1.35. The molecule has 2 aromatic carbocycles. The van der Waals surface area contributed by atoms with Crippen LogP contribution in [0.3, 0.4) is 0 Å². The van der Waals surface area contributed by atoms with E-state index in [1.807, 2.05) is 24.3 Å². The van der Waals surface area contributed by atoms with Gasteiger partial charge in [-0.05, 0) is 49.4 Å². The van der Waals surface area contributed by atoms with Crippen LogP contribution in [0.2, 0.25) is 0 Å². The molecule has 4 rings (SSSR count). The number of hydrogen-bond acceptors (Lipinski definition) is 10. The summed E-state index contributed by atoms with van der Waals surface area (Å²) in [5.41, 5.74) is 13.6. The molecule has 13 N–H and O–H groups in total. The zero-order valence-electron chi connectivity index (χ0n) is 33.3. The number of carbonyl (C=O) groups excluding carboxylic acids is 9. The first-order valence-electron chi connectivity index (χ1n) is 19.6. The number of nitrogens with two attached hydrogens (primary N) is 2. The third-order valence-electron chi connectivity index (χ3n) is 9.64. The number of aromatic amines is 1. The van der Waals surface area contributed by atoms with Crippen LogP contribution in [0, 0.1) is 0 Å². The standard InChI is InChI=1S/C40H53N11O9/c1-23(52)44-21-34(54)47-29-13-14-33(53)43-17-15-30(40(60)50-31(36(42)56)19-25-20-45-27-11-6-5-10-26(25)27)48-35(55)22-46-37(57)32(18-24-8-3-2-4-9-24)51-38(58)28(12-7-16-41)49-39(29)59/h2-6,8-11,20,28-32,45H,7,12-19,21-22,41H2,1H3,(H2,42,56)(H,43,53)(H,44,52)(H,46,57)(H,47,54)(H,48,55)(H,49,59)(H,50,60)(H,51,58)/t28-,29-,30-,31-,32+/m0/s1. The average molecular weight is 832 g/mol. The van der Waals surface area contributed by atoms with E-state index in [4.69, 9.17) is 11.5 Å². The molecule has 0 aliphatic carbocycles. The minimum Gasteiger partial charge on any atom is -0.368 e. The van der Waals surface area contributed by atoms with E-state index in [-0.39, 0.29) is 58.0 Å². The molecule has 5 atom stereocenters. The summed E-state index contributed by atoms with van der Waals surface area (Å²) in [7, 11) is 0. The van der Waals surface area contributed by atoms with E-state index in [2.05, 4.69) is 47.5 Å². The van der Waals surface area contributed by atoms with Gasteiger partial charge in [0.2, 0.25) is 53.2 Å². The minimum absolute atomic E-state index is 0.0107. The molecule has 1 aromatic heterocycles. The van der Waals surface area contributed by atoms with Gasteiger partial charge in [0.1, 0.15) is 30.2 Å². The molecule has 0 spiro atoms. The fourth-order valence-electron chi connectivity index (χ4n) is 6.45. The van der Waals surface area contributed by atoms with Gasteiger partial charge in [-0.2, -0.15) is 0 Å². The van der Waals surface area contributed by atoms with Crippen LogP contribution >= 0.6 is 0 Å². The van der Waals surface area contributed by atoms with Crippen molar-refractivity contribution in [2.75, 3.05) is 26.2 Å². The fourth-order valence-corrected chi connectivity index (χ4v) is 6.45. The van der Waals surface area contributed by atoms with Crippen LogP contribution in [0.15, 0.2) is 60.8 Å². The lowest BCUT2D eigenvalue weighted by atomic mass is 10.0. The Kier molecular flexibility index (Phi) is 17.5. The highest BCUT2D eigenvalue weighted by Gasteiger charge is 2.32. The van der Waals surface area contributed by atoms with Crippen LogP contribution in [0.1, 0.15) is 50.2 Å². The van der Waals surface area contributed by atoms with Gasteiger partial charge in [-0.1, -0.05) is 48.5 Å². The maximum Gasteiger partial charge on any atom is 0.243 e. The van der Waals surface area contributed by atoms with Crippen LogP contribution in [-0.4, -0.2) is 115 Å². The Hall–Kier alpha value is -6.83. The summed E-state index contributed by atoms with van der Waals surface area (Å²) in [4.78, 5) is 121. The molecule has 322 valence electrons. The largest absolute Gasteiger partial charge is 0.368 e. The zero-order valence-corrected chi connectivity index (χ0v) is 33.3. The molecule has 1 aliphatic heterocycles. The highest BCUT2D eigenvalue weighted by Crippen LogP contribution is 2.19. The quantitative estimate of drug-likeness (QED) is 0.0838. The fraction of sp³-hybridized carbons (Fsp3) is 0.425. The number of primary amides is 1. The SMILES string of the molecule is CC(=O)NCC(=O)N[C@H]1CCC(=O)NCC[C@@H](C(=O)N[C@@H](Cc2c[nH]c3ccccc23)C(N)=O)NC(=O)CNC(=O)[C@@H](Cc2ccccc2)NC(=O)[C@H](CCCN)NC1=O. The lowest BCUT2D eigenvalue weighted by Gasteiger charge is -2.25. The molecule has 0 unspecified atom stereocenters. The maximum atomic E-state index is 13.8. The Morgan fingerprint density at radius 2 is 1.55 bits per heavy atom. The summed E-state index contributed by atoms with van der Waals surface area (Å²) in [5, 5.41) is 21.2. The van der Waals surface area contributed by atoms with Crippen molar-refractivity contribution in [3.05, 3.63) is 71.9 Å². The number of hydrogen-bond donors (Lipinski definition) is 11. The van der Waals surface area contributed by atoms with Gasteiger partial charge in [-0.25, -0.2) is 0 Å². The van der Waals surface area contributed by atoms with Crippen LogP contribution in [-0.2, 0) is 56.0 Å². The summed E-state index contributed by atoms with van der Waals surface area (Å²) >= 11 is 0. The van der Waals surface area contributed by atoms with Crippen molar-refractivity contribution in [1.29, 1.82) is 0 Å². The predicted octanol–water partition coefficient (Wildman–Crippen LogP) is -2.85. The molecule has 0 radical (unpaired) electrons. The lowest BCUT2D eigenvalue weighted by Crippen LogP contribution is -2.58. The Morgan fingerprint density at radius 3 is 2.27 bits per heavy atom. The van der Waals surface area contributed by atoms with Gasteiger partial charge in [0.25, 0.3) is 0 Å². The van der Waals surface area contributed by atoms with Crippen LogP contribution in [0.5, 0.6) is 0 Å². The highest BCUT2D eigenvalue weighted by atomic mass is 16.2. The van der Waals surface area contributed by atoms with E-state index in [9.17, 15) is 43.2 Å². The summed E-state index contributed by atoms with van der Waals surface area (Å²) < 4.78 is 0. The second-order valence-corrected chi connectivity index (χ2v) is 14.3. The van der Waals surface area contributed by atoms with Crippen LogP contribution in [0.4, 0.5) is 0 Å². The van der Waals surface area contributed by atoms with Gasteiger partial charge in [-0.15, -0.1) is 0 Å². The second-order valence-electron chi connectivity index (χ2n) is 14.3. The van der Waals surface area contributed by atoms with E-state index in [0.717, 1.165) is 10.9 Å². The molecule has 2 heterocycles. The molecule has 3 aromatic rings.